The molecule has 0 saturated carbocycles. The number of para-hydroxylation sites is 1. The molecule has 0 radical (unpaired) electrons. The summed E-state index contributed by atoms with van der Waals surface area (Å²) in [6, 6.07) is 8.51. The number of carboxylic acid groups (broad SMARTS) is 1. The highest BCUT2D eigenvalue weighted by Gasteiger charge is 2.13. The second-order valence-corrected chi connectivity index (χ2v) is 5.18. The van der Waals surface area contributed by atoms with Crippen molar-refractivity contribution in [1.29, 1.82) is 0 Å². The van der Waals surface area contributed by atoms with Crippen molar-refractivity contribution in [3.05, 3.63) is 30.3 Å². The summed E-state index contributed by atoms with van der Waals surface area (Å²) < 4.78 is 0. The van der Waals surface area contributed by atoms with Crippen molar-refractivity contribution in [1.82, 2.24) is 0 Å². The first-order chi connectivity index (χ1) is 9.02. The zero-order valence-corrected chi connectivity index (χ0v) is 11.6. The molecule has 1 aromatic rings. The van der Waals surface area contributed by atoms with Crippen molar-refractivity contribution < 1.29 is 14.7 Å². The van der Waals surface area contributed by atoms with Gasteiger partial charge in [-0.15, -0.1) is 0 Å². The van der Waals surface area contributed by atoms with Gasteiger partial charge in [-0.2, -0.15) is 11.8 Å². The van der Waals surface area contributed by atoms with E-state index in [1.807, 2.05) is 30.3 Å². The molecule has 19 heavy (non-hydrogen) atoms. The fourth-order valence-electron chi connectivity index (χ4n) is 1.39. The summed E-state index contributed by atoms with van der Waals surface area (Å²) in [5, 5.41) is 8.62. The van der Waals surface area contributed by atoms with E-state index in [0.29, 0.717) is 17.9 Å². The predicted molar refractivity (Wildman–Crippen MR) is 77.4 cm³/mol. The van der Waals surface area contributed by atoms with Crippen molar-refractivity contribution in [2.75, 3.05) is 23.5 Å². The normalized spacial score (nSPS) is 11.9. The van der Waals surface area contributed by atoms with E-state index in [2.05, 4.69) is 0 Å². The minimum absolute atomic E-state index is 0.0138. The highest BCUT2D eigenvalue weighted by atomic mass is 32.2. The van der Waals surface area contributed by atoms with Gasteiger partial charge in [0.05, 0.1) is 5.75 Å². The number of aliphatic carboxylic acids is 1. The molecule has 1 atom stereocenters. The molecule has 0 aliphatic heterocycles. The number of nitrogens with zero attached hydrogens (tertiary/aromatic N) is 1. The number of benzene rings is 1. The quantitative estimate of drug-likeness (QED) is 0.734. The molecular formula is C13H18N2O3S. The number of carbonyl (C=O) groups excluding carboxylic acids is 1. The Bertz CT molecular complexity index is 425. The van der Waals surface area contributed by atoms with Gasteiger partial charge in [0.25, 0.3) is 0 Å². The van der Waals surface area contributed by atoms with Crippen molar-refractivity contribution >= 4 is 29.3 Å². The Morgan fingerprint density at radius 3 is 2.58 bits per heavy atom. The summed E-state index contributed by atoms with van der Waals surface area (Å²) in [6.07, 6.45) is 0.363. The molecule has 1 amide bonds. The summed E-state index contributed by atoms with van der Waals surface area (Å²) in [4.78, 5) is 24.0. The number of nitrogens with two attached hydrogens (primary N) is 1. The van der Waals surface area contributed by atoms with Crippen LogP contribution in [-0.4, -0.2) is 41.6 Å². The van der Waals surface area contributed by atoms with Gasteiger partial charge in [0, 0.05) is 12.7 Å². The zero-order valence-electron chi connectivity index (χ0n) is 10.8. The third-order valence-corrected chi connectivity index (χ3v) is 3.61. The maximum absolute atomic E-state index is 11.9. The molecule has 0 aromatic heterocycles. The zero-order chi connectivity index (χ0) is 14.3. The van der Waals surface area contributed by atoms with Crippen molar-refractivity contribution in [3.63, 3.8) is 0 Å². The molecule has 5 nitrogen and oxygen atoms in total. The molecule has 1 aromatic carbocycles. The first kappa shape index (κ1) is 15.5. The lowest BCUT2D eigenvalue weighted by atomic mass is 10.2. The molecule has 104 valence electrons. The minimum Gasteiger partial charge on any atom is -0.480 e. The molecule has 1 unspecified atom stereocenters. The van der Waals surface area contributed by atoms with Crippen molar-refractivity contribution in [2.45, 2.75) is 12.5 Å². The molecule has 1 rings (SSSR count). The number of anilines is 1. The molecule has 0 aliphatic rings. The van der Waals surface area contributed by atoms with E-state index in [1.54, 1.807) is 11.9 Å². The average molecular weight is 282 g/mol. The topological polar surface area (TPSA) is 83.6 Å². The van der Waals surface area contributed by atoms with E-state index in [4.69, 9.17) is 10.8 Å². The number of rotatable bonds is 7. The van der Waals surface area contributed by atoms with Crippen LogP contribution in [0.15, 0.2) is 30.3 Å². The number of thioether (sulfide) groups is 1. The van der Waals surface area contributed by atoms with Crippen LogP contribution < -0.4 is 10.6 Å². The summed E-state index contributed by atoms with van der Waals surface area (Å²) in [5.41, 5.74) is 6.22. The van der Waals surface area contributed by atoms with Gasteiger partial charge in [0.2, 0.25) is 5.91 Å². The van der Waals surface area contributed by atoms with Gasteiger partial charge in [-0.25, -0.2) is 0 Å². The first-order valence-corrected chi connectivity index (χ1v) is 7.05. The van der Waals surface area contributed by atoms with Gasteiger partial charge in [0.15, 0.2) is 0 Å². The molecule has 6 heteroatoms. The molecule has 0 saturated heterocycles. The van der Waals surface area contributed by atoms with Gasteiger partial charge >= 0.3 is 5.97 Å². The summed E-state index contributed by atoms with van der Waals surface area (Å²) in [5.74, 6) is -0.145. The van der Waals surface area contributed by atoms with Crippen molar-refractivity contribution in [3.8, 4) is 0 Å². The van der Waals surface area contributed by atoms with Crippen LogP contribution >= 0.6 is 11.8 Å². The van der Waals surface area contributed by atoms with Crippen molar-refractivity contribution in [2.24, 2.45) is 5.73 Å². The summed E-state index contributed by atoms with van der Waals surface area (Å²) in [6.45, 7) is 0. The Morgan fingerprint density at radius 1 is 1.37 bits per heavy atom. The molecule has 0 spiro atoms. The number of hydrogen-bond donors (Lipinski definition) is 2. The number of carboxylic acids is 1. The Labute approximate surface area is 116 Å². The van der Waals surface area contributed by atoms with Gasteiger partial charge in [0.1, 0.15) is 6.04 Å². The maximum atomic E-state index is 11.9. The first-order valence-electron chi connectivity index (χ1n) is 5.90. The third-order valence-electron chi connectivity index (χ3n) is 2.63. The largest absolute Gasteiger partial charge is 0.480 e. The van der Waals surface area contributed by atoms with Crippen LogP contribution in [0.1, 0.15) is 6.42 Å². The second-order valence-electron chi connectivity index (χ2n) is 4.07. The fraction of sp³-hybridized carbons (Fsp3) is 0.385. The second kappa shape index (κ2) is 7.81. The lowest BCUT2D eigenvalue weighted by Crippen LogP contribution is -2.31. The minimum atomic E-state index is -1.01. The number of hydrogen-bond acceptors (Lipinski definition) is 4. The highest BCUT2D eigenvalue weighted by molar-refractivity contribution is 7.99. The fourth-order valence-corrected chi connectivity index (χ4v) is 2.32. The van der Waals surface area contributed by atoms with Gasteiger partial charge < -0.3 is 15.7 Å². The van der Waals surface area contributed by atoms with Gasteiger partial charge in [-0.05, 0) is 24.3 Å². The van der Waals surface area contributed by atoms with E-state index >= 15 is 0 Å². The van der Waals surface area contributed by atoms with E-state index in [0.717, 1.165) is 5.69 Å². The number of carbonyl (C=O) groups is 2. The van der Waals surface area contributed by atoms with Crippen LogP contribution in [-0.2, 0) is 9.59 Å². The molecule has 0 aliphatic carbocycles. The smallest absolute Gasteiger partial charge is 0.320 e. The SMILES string of the molecule is CN(C(=O)CSCCC(N)C(=O)O)c1ccccc1. The Morgan fingerprint density at radius 2 is 2.00 bits per heavy atom. The Hall–Kier alpha value is -1.53. The summed E-state index contributed by atoms with van der Waals surface area (Å²) >= 11 is 1.40. The van der Waals surface area contributed by atoms with Crippen LogP contribution in [0.25, 0.3) is 0 Å². The summed E-state index contributed by atoms with van der Waals surface area (Å²) in [7, 11) is 1.72. The molecule has 0 fully saturated rings. The van der Waals surface area contributed by atoms with E-state index in [9.17, 15) is 9.59 Å². The Kier molecular flexibility index (Phi) is 6.38. The van der Waals surface area contributed by atoms with Crippen LogP contribution in [0.3, 0.4) is 0 Å². The van der Waals surface area contributed by atoms with Crippen LogP contribution in [0, 0.1) is 0 Å². The Balaban J connectivity index is 2.30. The van der Waals surface area contributed by atoms with Crippen LogP contribution in [0.2, 0.25) is 0 Å². The van der Waals surface area contributed by atoms with Gasteiger partial charge in [-0.1, -0.05) is 18.2 Å². The van der Waals surface area contributed by atoms with Gasteiger partial charge in [-0.3, -0.25) is 9.59 Å². The van der Waals surface area contributed by atoms with E-state index < -0.39 is 12.0 Å². The highest BCUT2D eigenvalue weighted by Crippen LogP contribution is 2.13. The third kappa shape index (κ3) is 5.32. The number of amides is 1. The average Bonchev–Trinajstić information content (AvgIpc) is 2.43. The van der Waals surface area contributed by atoms with Crippen LogP contribution in [0.4, 0.5) is 5.69 Å². The lowest BCUT2D eigenvalue weighted by Gasteiger charge is -2.17. The molecule has 0 heterocycles. The standard InChI is InChI=1S/C13H18N2O3S/c1-15(10-5-3-2-4-6-10)12(16)9-19-8-7-11(14)13(17)18/h2-6,11H,7-9,14H2,1H3,(H,17,18). The molecule has 0 bridgehead atoms. The van der Waals surface area contributed by atoms with E-state index in [1.165, 1.54) is 11.8 Å². The van der Waals surface area contributed by atoms with Crippen LogP contribution in [0.5, 0.6) is 0 Å². The van der Waals surface area contributed by atoms with E-state index in [-0.39, 0.29) is 5.91 Å². The lowest BCUT2D eigenvalue weighted by molar-refractivity contribution is -0.138. The molecular weight excluding hydrogens is 264 g/mol. The maximum Gasteiger partial charge on any atom is 0.320 e. The molecule has 3 N–H and O–H groups in total. The monoisotopic (exact) mass is 282 g/mol. The predicted octanol–water partition coefficient (Wildman–Crippen LogP) is 1.18.